The number of aliphatic hydroxyl groups is 1. The second kappa shape index (κ2) is 4.80. The van der Waals surface area contributed by atoms with E-state index >= 15 is 0 Å². The van der Waals surface area contributed by atoms with Crippen LogP contribution in [-0.4, -0.2) is 35.1 Å². The summed E-state index contributed by atoms with van der Waals surface area (Å²) in [5.41, 5.74) is 2.39. The summed E-state index contributed by atoms with van der Waals surface area (Å²) < 4.78 is 12.3. The van der Waals surface area contributed by atoms with Crippen LogP contribution in [0.1, 0.15) is 44.2 Å². The van der Waals surface area contributed by atoms with Crippen LogP contribution in [0.3, 0.4) is 0 Å². The van der Waals surface area contributed by atoms with Crippen molar-refractivity contribution >= 4 is 0 Å². The summed E-state index contributed by atoms with van der Waals surface area (Å²) in [7, 11) is 1.69. The summed E-state index contributed by atoms with van der Waals surface area (Å²) in [5.74, 6) is 1.79. The molecular weight excluding hydrogens is 316 g/mol. The van der Waals surface area contributed by atoms with Gasteiger partial charge in [0.2, 0.25) is 0 Å². The van der Waals surface area contributed by atoms with Crippen molar-refractivity contribution in [1.82, 2.24) is 0 Å². The number of allylic oxidation sites excluding steroid dienone is 1. The molecule has 2 N–H and O–H groups in total. The average Bonchev–Trinajstić information content (AvgIpc) is 2.89. The highest BCUT2D eigenvalue weighted by Gasteiger charge is 2.65. The van der Waals surface area contributed by atoms with Gasteiger partial charge in [0.25, 0.3) is 0 Å². The van der Waals surface area contributed by atoms with Crippen LogP contribution in [0.15, 0.2) is 23.8 Å². The first-order valence-electron chi connectivity index (χ1n) is 9.37. The zero-order chi connectivity index (χ0) is 17.6. The molecule has 4 nitrogen and oxygen atoms in total. The number of benzene rings is 1. The predicted octanol–water partition coefficient (Wildman–Crippen LogP) is 3.09. The highest BCUT2D eigenvalue weighted by molar-refractivity contribution is 5.62. The minimum atomic E-state index is -0.947. The summed E-state index contributed by atoms with van der Waals surface area (Å²) in [5, 5.41) is 21.2. The molecule has 1 aliphatic heterocycles. The lowest BCUT2D eigenvalue weighted by Crippen LogP contribution is -2.61. The van der Waals surface area contributed by atoms with Crippen molar-refractivity contribution in [2.75, 3.05) is 7.11 Å². The Morgan fingerprint density at radius 2 is 2.12 bits per heavy atom. The summed E-state index contributed by atoms with van der Waals surface area (Å²) in [6.45, 7) is 3.65. The van der Waals surface area contributed by atoms with Crippen LogP contribution in [-0.2, 0) is 16.6 Å². The highest BCUT2D eigenvalue weighted by atomic mass is 16.5. The van der Waals surface area contributed by atoms with Crippen LogP contribution in [0.4, 0.5) is 0 Å². The fraction of sp³-hybridized carbons (Fsp3) is 0.619. The molecular formula is C21H26O4. The number of ether oxygens (including phenoxy) is 2. The fourth-order valence-corrected chi connectivity index (χ4v) is 6.22. The number of phenols is 1. The smallest absolute Gasteiger partial charge is 0.165 e. The molecule has 1 aromatic carbocycles. The first-order chi connectivity index (χ1) is 11.9. The van der Waals surface area contributed by atoms with Gasteiger partial charge in [-0.25, -0.2) is 0 Å². The molecule has 1 spiro atoms. The Labute approximate surface area is 148 Å². The van der Waals surface area contributed by atoms with Gasteiger partial charge in [-0.2, -0.15) is 0 Å². The SMILES string of the molecule is COC1C(C(C)(C)O)=CC2[C@@H]3CCC[C@@]24c2c(ccc(O)c2O[C@@H]14)C3. The lowest BCUT2D eigenvalue weighted by molar-refractivity contribution is -0.0667. The van der Waals surface area contributed by atoms with Crippen LogP contribution in [0.25, 0.3) is 0 Å². The van der Waals surface area contributed by atoms with Gasteiger partial charge in [0, 0.05) is 18.1 Å². The number of phenolic OH excluding ortho intramolecular Hbond substituents is 1. The first kappa shape index (κ1) is 15.7. The van der Waals surface area contributed by atoms with Gasteiger partial charge in [0.05, 0.1) is 5.60 Å². The maximum atomic E-state index is 10.8. The molecule has 1 saturated carbocycles. The standard InChI is InChI=1S/C21H26O4/c1-20(2,23)14-10-13-11-5-4-8-21(13)16-12(9-11)6-7-15(22)18(16)25-19(21)17(14)24-3/h6-7,10-11,13,17,19,22-23H,4-5,8-9H2,1-3H3/t11-,13?,17?,19+,21+/m1/s1. The lowest BCUT2D eigenvalue weighted by atomic mass is 9.48. The van der Waals surface area contributed by atoms with Gasteiger partial charge in [-0.15, -0.1) is 0 Å². The largest absolute Gasteiger partial charge is 0.504 e. The second-order valence-electron chi connectivity index (χ2n) is 8.75. The minimum absolute atomic E-state index is 0.125. The Bertz CT molecular complexity index is 775. The third kappa shape index (κ3) is 1.79. The van der Waals surface area contributed by atoms with Crippen molar-refractivity contribution in [3.63, 3.8) is 0 Å². The predicted molar refractivity (Wildman–Crippen MR) is 93.9 cm³/mol. The van der Waals surface area contributed by atoms with Gasteiger partial charge in [-0.1, -0.05) is 18.6 Å². The van der Waals surface area contributed by atoms with Crippen LogP contribution >= 0.6 is 0 Å². The Morgan fingerprint density at radius 3 is 2.84 bits per heavy atom. The highest BCUT2D eigenvalue weighted by Crippen LogP contribution is 2.65. The van der Waals surface area contributed by atoms with E-state index in [1.807, 2.05) is 13.8 Å². The van der Waals surface area contributed by atoms with Crippen molar-refractivity contribution in [2.45, 2.75) is 62.8 Å². The van der Waals surface area contributed by atoms with Crippen molar-refractivity contribution in [2.24, 2.45) is 11.8 Å². The van der Waals surface area contributed by atoms with E-state index in [1.54, 1.807) is 13.2 Å². The summed E-state index contributed by atoms with van der Waals surface area (Å²) in [4.78, 5) is 0. The van der Waals surface area contributed by atoms with E-state index < -0.39 is 5.60 Å². The van der Waals surface area contributed by atoms with E-state index in [-0.39, 0.29) is 23.4 Å². The van der Waals surface area contributed by atoms with Gasteiger partial charge >= 0.3 is 0 Å². The molecule has 5 rings (SSSR count). The molecule has 25 heavy (non-hydrogen) atoms. The third-order valence-corrected chi connectivity index (χ3v) is 7.09. The molecule has 5 atom stereocenters. The molecule has 1 heterocycles. The Kier molecular flexibility index (Phi) is 3.02. The van der Waals surface area contributed by atoms with Crippen LogP contribution < -0.4 is 4.74 Å². The van der Waals surface area contributed by atoms with Crippen LogP contribution in [0.2, 0.25) is 0 Å². The summed E-state index contributed by atoms with van der Waals surface area (Å²) >= 11 is 0. The van der Waals surface area contributed by atoms with E-state index in [4.69, 9.17) is 9.47 Å². The normalized spacial score (nSPS) is 38.0. The second-order valence-corrected chi connectivity index (χ2v) is 8.75. The van der Waals surface area contributed by atoms with Gasteiger partial charge < -0.3 is 19.7 Å². The third-order valence-electron chi connectivity index (χ3n) is 7.09. The number of rotatable bonds is 2. The molecule has 1 aromatic rings. The topological polar surface area (TPSA) is 58.9 Å². The number of methoxy groups -OCH3 is 1. The molecule has 1 fully saturated rings. The van der Waals surface area contributed by atoms with Crippen molar-refractivity contribution in [3.05, 3.63) is 34.9 Å². The van der Waals surface area contributed by atoms with Crippen LogP contribution in [0, 0.1) is 11.8 Å². The molecule has 0 saturated heterocycles. The van der Waals surface area contributed by atoms with E-state index in [9.17, 15) is 10.2 Å². The minimum Gasteiger partial charge on any atom is -0.504 e. The Balaban J connectivity index is 1.80. The molecule has 0 aromatic heterocycles. The first-order valence-corrected chi connectivity index (χ1v) is 9.37. The van der Waals surface area contributed by atoms with E-state index in [2.05, 4.69) is 12.1 Å². The zero-order valence-electron chi connectivity index (χ0n) is 15.1. The van der Waals surface area contributed by atoms with E-state index in [1.165, 1.54) is 24.0 Å². The molecule has 2 unspecified atom stereocenters. The summed E-state index contributed by atoms with van der Waals surface area (Å²) in [6.07, 6.45) is 6.28. The lowest BCUT2D eigenvalue weighted by Gasteiger charge is -2.56. The molecule has 4 heteroatoms. The fourth-order valence-electron chi connectivity index (χ4n) is 6.22. The van der Waals surface area contributed by atoms with Crippen molar-refractivity contribution in [1.29, 1.82) is 0 Å². The number of hydrogen-bond acceptors (Lipinski definition) is 4. The Morgan fingerprint density at radius 1 is 1.32 bits per heavy atom. The molecule has 0 radical (unpaired) electrons. The van der Waals surface area contributed by atoms with Gasteiger partial charge in [0.1, 0.15) is 12.2 Å². The Hall–Kier alpha value is -1.52. The number of hydrogen-bond donors (Lipinski definition) is 2. The molecule has 2 bridgehead atoms. The van der Waals surface area contributed by atoms with Crippen molar-refractivity contribution < 1.29 is 19.7 Å². The average molecular weight is 342 g/mol. The molecule has 134 valence electrons. The summed E-state index contributed by atoms with van der Waals surface area (Å²) in [6, 6.07) is 3.84. The van der Waals surface area contributed by atoms with Gasteiger partial charge in [-0.05, 0) is 62.1 Å². The maximum absolute atomic E-state index is 10.8. The molecule has 3 aliphatic carbocycles. The van der Waals surface area contributed by atoms with Gasteiger partial charge in [0.15, 0.2) is 11.5 Å². The van der Waals surface area contributed by atoms with Crippen LogP contribution in [0.5, 0.6) is 11.5 Å². The van der Waals surface area contributed by atoms with E-state index in [0.29, 0.717) is 17.6 Å². The quantitative estimate of drug-likeness (QED) is 0.811. The van der Waals surface area contributed by atoms with E-state index in [0.717, 1.165) is 18.4 Å². The van der Waals surface area contributed by atoms with Gasteiger partial charge in [-0.3, -0.25) is 0 Å². The zero-order valence-corrected chi connectivity index (χ0v) is 15.1. The number of aromatic hydroxyl groups is 1. The molecule has 4 aliphatic rings. The maximum Gasteiger partial charge on any atom is 0.165 e. The van der Waals surface area contributed by atoms with Crippen molar-refractivity contribution in [3.8, 4) is 11.5 Å². The molecule has 0 amide bonds. The monoisotopic (exact) mass is 342 g/mol.